The van der Waals surface area contributed by atoms with Crippen molar-refractivity contribution in [2.75, 3.05) is 0 Å². The average Bonchev–Trinajstić information content (AvgIpc) is 1.41. The Morgan fingerprint density at radius 1 is 1.20 bits per heavy atom. The molecule has 0 nitrogen and oxygen atoms in total. The summed E-state index contributed by atoms with van der Waals surface area (Å²) >= 11 is 1.46. The highest BCUT2D eigenvalue weighted by Crippen LogP contribution is 2.04. The van der Waals surface area contributed by atoms with E-state index < -0.39 is 0 Å². The van der Waals surface area contributed by atoms with Gasteiger partial charge in [0.25, 0.3) is 0 Å². The summed E-state index contributed by atoms with van der Waals surface area (Å²) in [6.45, 7) is 3.72. The van der Waals surface area contributed by atoms with Crippen LogP contribution >= 0.6 is 11.8 Å². The van der Waals surface area contributed by atoms with Gasteiger partial charge in [0.2, 0.25) is 0 Å². The molecule has 0 amide bonds. The van der Waals surface area contributed by atoms with Gasteiger partial charge in [0, 0.05) is 11.5 Å². The maximum Gasteiger partial charge on any atom is 0.0454 e. The number of rotatable bonds is 2. The van der Waals surface area contributed by atoms with Gasteiger partial charge >= 0.3 is 0 Å². The molecule has 0 aliphatic carbocycles. The molecule has 0 fully saturated rings. The molecule has 1 heteroatoms. The lowest BCUT2D eigenvalue weighted by atomic mass is 11.0. The third-order valence-electron chi connectivity index (χ3n) is 0.204. The van der Waals surface area contributed by atoms with Gasteiger partial charge in [-0.05, 0) is 13.8 Å². The number of thioether (sulfide) groups is 1. The lowest BCUT2D eigenvalue weighted by Crippen LogP contribution is -1.48. The van der Waals surface area contributed by atoms with E-state index >= 15 is 0 Å². The Labute approximate surface area is 38.0 Å². The van der Waals surface area contributed by atoms with Crippen molar-refractivity contribution in [3.05, 3.63) is 11.5 Å². The lowest BCUT2D eigenvalue weighted by Gasteiger charge is -1.77. The van der Waals surface area contributed by atoms with Crippen molar-refractivity contribution >= 4 is 11.8 Å². The molecule has 0 saturated heterocycles. The Bertz CT molecular complexity index is 11.1. The molecule has 0 rings (SSSR count). The summed E-state index contributed by atoms with van der Waals surface area (Å²) in [6, 6.07) is 0. The largest absolute Gasteiger partial charge is 0.143 e. The van der Waals surface area contributed by atoms with Gasteiger partial charge < -0.3 is 0 Å². The molecule has 0 spiro atoms. The van der Waals surface area contributed by atoms with E-state index in [1.165, 1.54) is 11.8 Å². The predicted octanol–water partition coefficient (Wildman–Crippen LogP) is 1.84. The fourth-order valence-corrected chi connectivity index (χ4v) is 0.306. The van der Waals surface area contributed by atoms with Crippen LogP contribution < -0.4 is 0 Å². The van der Waals surface area contributed by atoms with Crippen LogP contribution in [0.4, 0.5) is 0 Å². The minimum absolute atomic E-state index is 1.46. The first-order chi connectivity index (χ1) is 2.41. The number of hydrogen-bond donors (Lipinski definition) is 0. The highest BCUT2D eigenvalue weighted by molar-refractivity contribution is 8.03. The van der Waals surface area contributed by atoms with Crippen molar-refractivity contribution in [1.29, 1.82) is 0 Å². The van der Waals surface area contributed by atoms with Crippen LogP contribution in [0.1, 0.15) is 13.8 Å². The predicted molar refractivity (Wildman–Crippen MR) is 25.4 cm³/mol. The van der Waals surface area contributed by atoms with Crippen molar-refractivity contribution in [3.63, 3.8) is 0 Å². The van der Waals surface area contributed by atoms with Crippen molar-refractivity contribution in [3.8, 4) is 0 Å². The van der Waals surface area contributed by atoms with E-state index in [1.807, 2.05) is 13.8 Å². The summed E-state index contributed by atoms with van der Waals surface area (Å²) in [5, 5.41) is 0. The van der Waals surface area contributed by atoms with Crippen LogP contribution in [0, 0.1) is 11.5 Å². The molecule has 0 atom stereocenters. The summed E-state index contributed by atoms with van der Waals surface area (Å²) in [6.07, 6.45) is 0. The third kappa shape index (κ3) is 4.35. The smallest absolute Gasteiger partial charge is 0.0454 e. The zero-order valence-corrected chi connectivity index (χ0v) is 4.22. The minimum Gasteiger partial charge on any atom is -0.143 e. The van der Waals surface area contributed by atoms with Gasteiger partial charge in [0.05, 0.1) is 0 Å². The first kappa shape index (κ1) is 5.35. The molecule has 5 heavy (non-hydrogen) atoms. The van der Waals surface area contributed by atoms with Gasteiger partial charge in [-0.3, -0.25) is 0 Å². The van der Waals surface area contributed by atoms with E-state index in [9.17, 15) is 0 Å². The molecular formula is C4H6S. The summed E-state index contributed by atoms with van der Waals surface area (Å²) in [5.74, 6) is 5.65. The molecule has 0 bridgehead atoms. The van der Waals surface area contributed by atoms with Crippen LogP contribution in [-0.2, 0) is 0 Å². The van der Waals surface area contributed by atoms with Crippen molar-refractivity contribution in [2.24, 2.45) is 0 Å². The quantitative estimate of drug-likeness (QED) is 0.494. The minimum atomic E-state index is 1.46. The fourth-order valence-electron chi connectivity index (χ4n) is 0.102. The molecule has 4 radical (unpaired) electrons. The molecular weight excluding hydrogens is 80.1 g/mol. The summed E-state index contributed by atoms with van der Waals surface area (Å²) in [5.41, 5.74) is 0. The van der Waals surface area contributed by atoms with Gasteiger partial charge in [0.15, 0.2) is 0 Å². The molecule has 28 valence electrons. The molecule has 0 saturated carbocycles. The highest BCUT2D eigenvalue weighted by atomic mass is 32.2. The topological polar surface area (TPSA) is 0 Å². The second-order valence-corrected chi connectivity index (χ2v) is 1.53. The Morgan fingerprint density at radius 3 is 1.60 bits per heavy atom. The summed E-state index contributed by atoms with van der Waals surface area (Å²) < 4.78 is 0. The number of hydrogen-bond acceptors (Lipinski definition) is 1. The van der Waals surface area contributed by atoms with Gasteiger partial charge in [0.1, 0.15) is 0 Å². The average molecular weight is 86.2 g/mol. The first-order valence-corrected chi connectivity index (χ1v) is 2.22. The van der Waals surface area contributed by atoms with E-state index in [0.717, 1.165) is 0 Å². The van der Waals surface area contributed by atoms with Crippen molar-refractivity contribution in [1.82, 2.24) is 0 Å². The molecule has 0 aromatic carbocycles. The Morgan fingerprint density at radius 2 is 1.60 bits per heavy atom. The fraction of sp³-hybridized carbons (Fsp3) is 0.500. The van der Waals surface area contributed by atoms with Crippen LogP contribution in [0.25, 0.3) is 0 Å². The monoisotopic (exact) mass is 86.0 g/mol. The van der Waals surface area contributed by atoms with Crippen LogP contribution in [0.5, 0.6) is 0 Å². The zero-order chi connectivity index (χ0) is 4.12. The van der Waals surface area contributed by atoms with Crippen LogP contribution in [0.2, 0.25) is 0 Å². The normalized spacial score (nSPS) is 8.40. The second-order valence-electron chi connectivity index (χ2n) is 0.510. The van der Waals surface area contributed by atoms with Gasteiger partial charge in [-0.15, -0.1) is 11.8 Å². The Kier molecular flexibility index (Phi) is 4.65. The molecule has 0 aromatic rings. The Balaban J connectivity index is 2.19. The SMILES string of the molecule is C[C]S[C]C. The van der Waals surface area contributed by atoms with Crippen molar-refractivity contribution in [2.45, 2.75) is 13.8 Å². The van der Waals surface area contributed by atoms with Gasteiger partial charge in [-0.2, -0.15) is 0 Å². The summed E-state index contributed by atoms with van der Waals surface area (Å²) in [7, 11) is 0. The second kappa shape index (κ2) is 4.35. The summed E-state index contributed by atoms with van der Waals surface area (Å²) in [4.78, 5) is 0. The van der Waals surface area contributed by atoms with E-state index in [4.69, 9.17) is 0 Å². The molecule has 0 aliphatic rings. The van der Waals surface area contributed by atoms with Crippen molar-refractivity contribution < 1.29 is 0 Å². The van der Waals surface area contributed by atoms with Crippen LogP contribution in [0.15, 0.2) is 0 Å². The van der Waals surface area contributed by atoms with Crippen LogP contribution in [0.3, 0.4) is 0 Å². The van der Waals surface area contributed by atoms with E-state index in [2.05, 4.69) is 11.5 Å². The highest BCUT2D eigenvalue weighted by Gasteiger charge is 1.70. The van der Waals surface area contributed by atoms with Gasteiger partial charge in [-0.1, -0.05) is 0 Å². The third-order valence-corrected chi connectivity index (χ3v) is 0.612. The maximum absolute atomic E-state index is 2.82. The molecule has 0 aromatic heterocycles. The standard InChI is InChI=1S/C4H6S/c1-3-5-4-2/h1-2H3. The first-order valence-electron chi connectivity index (χ1n) is 1.41. The van der Waals surface area contributed by atoms with E-state index in [1.54, 1.807) is 0 Å². The molecule has 0 heterocycles. The lowest BCUT2D eigenvalue weighted by molar-refractivity contribution is 1.68. The van der Waals surface area contributed by atoms with E-state index in [0.29, 0.717) is 0 Å². The van der Waals surface area contributed by atoms with E-state index in [-0.39, 0.29) is 0 Å². The van der Waals surface area contributed by atoms with Gasteiger partial charge in [-0.25, -0.2) is 0 Å². The zero-order valence-electron chi connectivity index (χ0n) is 3.41. The molecule has 0 unspecified atom stereocenters. The molecule has 0 aliphatic heterocycles. The van der Waals surface area contributed by atoms with Crippen LogP contribution in [-0.4, -0.2) is 0 Å². The maximum atomic E-state index is 2.82. The Hall–Kier alpha value is 0.350. The molecule has 0 N–H and O–H groups in total.